The van der Waals surface area contributed by atoms with Gasteiger partial charge in [0.1, 0.15) is 23.9 Å². The van der Waals surface area contributed by atoms with Gasteiger partial charge in [0.2, 0.25) is 12.1 Å². The molecule has 3 heterocycles. The zero-order chi connectivity index (χ0) is 25.7. The Bertz CT molecular complexity index is 1310. The van der Waals surface area contributed by atoms with E-state index in [1.54, 1.807) is 19.5 Å². The number of halogens is 1. The molecule has 186 valence electrons. The molecule has 36 heavy (non-hydrogen) atoms. The molecule has 0 unspecified atom stereocenters. The molecule has 0 bridgehead atoms. The third-order valence-electron chi connectivity index (χ3n) is 5.63. The smallest absolute Gasteiger partial charge is 0.231 e. The third-order valence-corrected chi connectivity index (χ3v) is 5.63. The Kier molecular flexibility index (Phi) is 7.44. The van der Waals surface area contributed by atoms with Gasteiger partial charge in [0.25, 0.3) is 0 Å². The molecule has 1 saturated heterocycles. The lowest BCUT2D eigenvalue weighted by atomic mass is 10.1. The molecule has 2 aliphatic heterocycles. The van der Waals surface area contributed by atoms with Crippen molar-refractivity contribution in [3.8, 4) is 30.0 Å². The first kappa shape index (κ1) is 24.7. The van der Waals surface area contributed by atoms with E-state index in [4.69, 9.17) is 19.0 Å². The highest BCUT2D eigenvalue weighted by atomic mass is 19.1. The summed E-state index contributed by atoms with van der Waals surface area (Å²) < 4.78 is 33.2. The second-order valence-electron chi connectivity index (χ2n) is 7.89. The van der Waals surface area contributed by atoms with Crippen molar-refractivity contribution in [3.05, 3.63) is 77.3 Å². The van der Waals surface area contributed by atoms with Crippen molar-refractivity contribution in [3.63, 3.8) is 0 Å². The van der Waals surface area contributed by atoms with E-state index in [9.17, 15) is 4.39 Å². The zero-order valence-corrected chi connectivity index (χ0v) is 20.3. The van der Waals surface area contributed by atoms with E-state index in [1.165, 1.54) is 12.1 Å². The van der Waals surface area contributed by atoms with E-state index in [2.05, 4.69) is 23.0 Å². The number of aryl methyl sites for hydroxylation is 1. The van der Waals surface area contributed by atoms with Crippen molar-refractivity contribution in [2.24, 2.45) is 5.16 Å². The maximum absolute atomic E-state index is 14.0. The number of hydrogen-bond acceptors (Lipinski definition) is 7. The minimum Gasteiger partial charge on any atom is -0.495 e. The number of rotatable bonds is 6. The predicted octanol–water partition coefficient (Wildman–Crippen LogP) is 4.69. The van der Waals surface area contributed by atoms with E-state index in [1.807, 2.05) is 53.8 Å². The molecule has 1 aromatic heterocycles. The van der Waals surface area contributed by atoms with Crippen molar-refractivity contribution in [1.82, 2.24) is 14.5 Å². The number of aromatic nitrogens is 2. The summed E-state index contributed by atoms with van der Waals surface area (Å²) in [5.74, 6) is 2.02. The van der Waals surface area contributed by atoms with Gasteiger partial charge in [-0.1, -0.05) is 11.2 Å². The second-order valence-corrected chi connectivity index (χ2v) is 7.89. The Morgan fingerprint density at radius 1 is 1.19 bits per heavy atom. The number of terminal acetylenes is 1. The summed E-state index contributed by atoms with van der Waals surface area (Å²) in [5.41, 5.74) is 3.26. The molecule has 0 saturated carbocycles. The summed E-state index contributed by atoms with van der Waals surface area (Å²) in [5, 5.41) is 4.26. The normalized spacial score (nSPS) is 17.3. The summed E-state index contributed by atoms with van der Waals surface area (Å²) in [6.07, 6.45) is 13.0. The van der Waals surface area contributed by atoms with E-state index in [0.29, 0.717) is 48.4 Å². The fourth-order valence-electron chi connectivity index (χ4n) is 4.08. The highest BCUT2D eigenvalue weighted by Crippen LogP contribution is 2.38. The van der Waals surface area contributed by atoms with Crippen LogP contribution in [-0.4, -0.2) is 47.2 Å². The van der Waals surface area contributed by atoms with Gasteiger partial charge >= 0.3 is 0 Å². The third kappa shape index (κ3) is 4.84. The molecule has 1 atom stereocenters. The molecule has 0 spiro atoms. The number of morpholine rings is 1. The monoisotopic (exact) mass is 490 g/mol. The van der Waals surface area contributed by atoms with Crippen LogP contribution < -0.4 is 9.47 Å². The molecule has 0 aliphatic carbocycles. The minimum atomic E-state index is -0.596. The summed E-state index contributed by atoms with van der Waals surface area (Å²) in [7, 11) is 1.63. The maximum atomic E-state index is 14.0. The van der Waals surface area contributed by atoms with Crippen LogP contribution in [0.15, 0.2) is 59.8 Å². The molecule has 0 N–H and O–H groups in total. The number of imidazole rings is 1. The molecule has 9 heteroatoms. The number of fused-ring (bicyclic) bond motifs is 1. The van der Waals surface area contributed by atoms with Gasteiger partial charge in [-0.3, -0.25) is 0 Å². The average Bonchev–Trinajstić information content (AvgIpc) is 3.53. The van der Waals surface area contributed by atoms with Crippen LogP contribution in [0.25, 0.3) is 11.8 Å². The van der Waals surface area contributed by atoms with E-state index < -0.39 is 6.23 Å². The highest BCUT2D eigenvalue weighted by Gasteiger charge is 2.38. The standard InChI is InChI=1S/C25H25FN4O4.C2H2/c1-4-32-21-8-6-18(26)13-19(21)25-30-9-10-33-23(24(30)28-34-25)12-17-5-7-20(22(11-17)31-3)29-14-16(2)27-15-29;1-2/h5-8,11-15,25H,4,9-10H2,1-3H3;1-2H/b23-12+;/t25-;/m0./s1. The molecule has 8 nitrogen and oxygen atoms in total. The van der Waals surface area contributed by atoms with Gasteiger partial charge in [-0.2, -0.15) is 0 Å². The Balaban J connectivity index is 0.00000148. The number of nitrogens with zero attached hydrogens (tertiary/aromatic N) is 4. The molecule has 0 radical (unpaired) electrons. The van der Waals surface area contributed by atoms with Gasteiger partial charge in [-0.15, -0.1) is 12.8 Å². The lowest BCUT2D eigenvalue weighted by Gasteiger charge is -2.30. The van der Waals surface area contributed by atoms with Crippen molar-refractivity contribution in [2.75, 3.05) is 26.9 Å². The minimum absolute atomic E-state index is 0.361. The quantitative estimate of drug-likeness (QED) is 0.467. The largest absolute Gasteiger partial charge is 0.495 e. The molecule has 1 fully saturated rings. The summed E-state index contributed by atoms with van der Waals surface area (Å²) in [4.78, 5) is 12.0. The Morgan fingerprint density at radius 3 is 2.75 bits per heavy atom. The van der Waals surface area contributed by atoms with E-state index >= 15 is 0 Å². The van der Waals surface area contributed by atoms with Crippen LogP contribution in [0, 0.1) is 25.6 Å². The van der Waals surface area contributed by atoms with Gasteiger partial charge < -0.3 is 28.5 Å². The van der Waals surface area contributed by atoms with Crippen LogP contribution in [0.2, 0.25) is 0 Å². The molecular formula is C27H27FN4O4. The number of oxime groups is 1. The number of amidine groups is 1. The highest BCUT2D eigenvalue weighted by molar-refractivity contribution is 6.01. The molecule has 5 rings (SSSR count). The number of benzene rings is 2. The molecule has 3 aromatic rings. The van der Waals surface area contributed by atoms with Crippen LogP contribution in [0.4, 0.5) is 4.39 Å². The second kappa shape index (κ2) is 10.9. The van der Waals surface area contributed by atoms with E-state index in [0.717, 1.165) is 16.9 Å². The summed E-state index contributed by atoms with van der Waals surface area (Å²) in [6, 6.07) is 10.3. The fraction of sp³-hybridized carbons (Fsp3) is 0.259. The van der Waals surface area contributed by atoms with Crippen LogP contribution in [0.1, 0.15) is 30.0 Å². The van der Waals surface area contributed by atoms with Crippen molar-refractivity contribution < 1.29 is 23.4 Å². The first-order valence-corrected chi connectivity index (χ1v) is 11.4. The van der Waals surface area contributed by atoms with Gasteiger partial charge in [0.05, 0.1) is 43.5 Å². The lowest BCUT2D eigenvalue weighted by molar-refractivity contribution is -0.00365. The molecular weight excluding hydrogens is 463 g/mol. The lowest BCUT2D eigenvalue weighted by Crippen LogP contribution is -2.39. The first-order valence-electron chi connectivity index (χ1n) is 11.4. The number of methoxy groups -OCH3 is 1. The van der Waals surface area contributed by atoms with Gasteiger partial charge in [-0.05, 0) is 55.8 Å². The SMILES string of the molecule is C#C.CCOc1ccc(F)cc1[C@@H]1ON=C2/C(=C\c3ccc(-n4cnc(C)c4)c(OC)c3)OCCN21. The summed E-state index contributed by atoms with van der Waals surface area (Å²) >= 11 is 0. The van der Waals surface area contributed by atoms with Gasteiger partial charge in [-0.25, -0.2) is 9.37 Å². The first-order chi connectivity index (χ1) is 17.6. The predicted molar refractivity (Wildman–Crippen MR) is 134 cm³/mol. The Labute approximate surface area is 209 Å². The van der Waals surface area contributed by atoms with Gasteiger partial charge in [0.15, 0.2) is 5.76 Å². The Hall–Kier alpha value is -4.45. The number of hydrogen-bond donors (Lipinski definition) is 0. The van der Waals surface area contributed by atoms with Crippen molar-refractivity contribution in [2.45, 2.75) is 20.1 Å². The number of ether oxygens (including phenoxy) is 3. The van der Waals surface area contributed by atoms with E-state index in [-0.39, 0.29) is 5.82 Å². The topological polar surface area (TPSA) is 70.3 Å². The van der Waals surface area contributed by atoms with Crippen LogP contribution >= 0.6 is 0 Å². The molecule has 0 amide bonds. The van der Waals surface area contributed by atoms with Crippen molar-refractivity contribution >= 4 is 11.9 Å². The maximum Gasteiger partial charge on any atom is 0.231 e. The molecule has 2 aliphatic rings. The van der Waals surface area contributed by atoms with Crippen molar-refractivity contribution in [1.29, 1.82) is 0 Å². The Morgan fingerprint density at radius 2 is 2.03 bits per heavy atom. The average molecular weight is 491 g/mol. The fourth-order valence-corrected chi connectivity index (χ4v) is 4.08. The van der Waals surface area contributed by atoms with Crippen LogP contribution in [0.3, 0.4) is 0 Å². The summed E-state index contributed by atoms with van der Waals surface area (Å²) in [6.45, 7) is 5.27. The van der Waals surface area contributed by atoms with Crippen LogP contribution in [-0.2, 0) is 9.57 Å². The van der Waals surface area contributed by atoms with Gasteiger partial charge in [0, 0.05) is 6.20 Å². The molecule has 2 aromatic carbocycles. The zero-order valence-electron chi connectivity index (χ0n) is 20.3. The van der Waals surface area contributed by atoms with Crippen LogP contribution in [0.5, 0.6) is 11.5 Å².